The lowest BCUT2D eigenvalue weighted by molar-refractivity contribution is -0.0324. The van der Waals surface area contributed by atoms with Crippen LogP contribution in [-0.2, 0) is 9.47 Å². The van der Waals surface area contributed by atoms with Gasteiger partial charge in [0.2, 0.25) is 0 Å². The zero-order valence-corrected chi connectivity index (χ0v) is 33.4. The smallest absolute Gasteiger partial charge is 0.0578 e. The van der Waals surface area contributed by atoms with Crippen LogP contribution >= 0.6 is 0 Å². The van der Waals surface area contributed by atoms with E-state index in [0.717, 1.165) is 13.2 Å². The van der Waals surface area contributed by atoms with Gasteiger partial charge in [0.1, 0.15) is 0 Å². The van der Waals surface area contributed by atoms with Crippen LogP contribution in [0.5, 0.6) is 0 Å². The molecule has 0 saturated carbocycles. The Morgan fingerprint density at radius 3 is 0.630 bits per heavy atom. The Labute approximate surface area is 294 Å². The Morgan fingerprint density at radius 2 is 0.457 bits per heavy atom. The third-order valence-corrected chi connectivity index (χ3v) is 9.81. The van der Waals surface area contributed by atoms with Crippen molar-refractivity contribution in [1.29, 1.82) is 0 Å². The summed E-state index contributed by atoms with van der Waals surface area (Å²) in [7, 11) is 0. The molecule has 2 heteroatoms. The normalized spacial score (nSPS) is 12.7. The summed E-state index contributed by atoms with van der Waals surface area (Å²) in [6.07, 6.45) is 48.8. The first-order valence-corrected chi connectivity index (χ1v) is 21.9. The second-order valence-corrected chi connectivity index (χ2v) is 14.5. The molecule has 0 aromatic heterocycles. The Morgan fingerprint density at radius 1 is 0.261 bits per heavy atom. The number of ether oxygens (including phenoxy) is 2. The standard InChI is InChI=1S/C40H82O.C4H10O/c1-5-9-13-17-19-21-23-25-29-33-37-39(35-31-27-15-11-7-3)41-40(36-32-28-16-12-8-4)38-34-30-26-24-22-20-18-14-10-6-2;1-3-5-4-2/h39-40H,5-38H2,1-4H3;3-4H2,1-2H3. The maximum atomic E-state index is 7.03. The van der Waals surface area contributed by atoms with Crippen LogP contribution in [0.15, 0.2) is 0 Å². The summed E-state index contributed by atoms with van der Waals surface area (Å²) in [5.41, 5.74) is 0. The highest BCUT2D eigenvalue weighted by atomic mass is 16.5. The molecule has 0 heterocycles. The van der Waals surface area contributed by atoms with E-state index in [0.29, 0.717) is 12.2 Å². The molecule has 0 N–H and O–H groups in total. The van der Waals surface area contributed by atoms with Gasteiger partial charge in [-0.05, 0) is 39.5 Å². The molecule has 0 aromatic carbocycles. The van der Waals surface area contributed by atoms with Gasteiger partial charge < -0.3 is 9.47 Å². The minimum Gasteiger partial charge on any atom is -0.382 e. The van der Waals surface area contributed by atoms with Crippen molar-refractivity contribution in [3.05, 3.63) is 0 Å². The van der Waals surface area contributed by atoms with Crippen molar-refractivity contribution in [2.24, 2.45) is 0 Å². The first-order chi connectivity index (χ1) is 22.7. The third kappa shape index (κ3) is 41.9. The van der Waals surface area contributed by atoms with Gasteiger partial charge in [-0.2, -0.15) is 0 Å². The molecule has 0 amide bonds. The quantitative estimate of drug-likeness (QED) is 0.0618. The average Bonchev–Trinajstić information content (AvgIpc) is 3.06. The largest absolute Gasteiger partial charge is 0.382 e. The molecule has 0 radical (unpaired) electrons. The Hall–Kier alpha value is -0.0800. The van der Waals surface area contributed by atoms with Crippen molar-refractivity contribution in [3.8, 4) is 0 Å². The molecule has 0 aromatic rings. The molecule has 0 rings (SSSR count). The van der Waals surface area contributed by atoms with Crippen LogP contribution in [0.2, 0.25) is 0 Å². The van der Waals surface area contributed by atoms with E-state index >= 15 is 0 Å². The molecule has 0 bridgehead atoms. The zero-order valence-electron chi connectivity index (χ0n) is 33.4. The van der Waals surface area contributed by atoms with E-state index in [2.05, 4.69) is 27.7 Å². The van der Waals surface area contributed by atoms with Crippen molar-refractivity contribution >= 4 is 0 Å². The second-order valence-electron chi connectivity index (χ2n) is 14.5. The fraction of sp³-hybridized carbons (Fsp3) is 1.00. The van der Waals surface area contributed by atoms with Crippen molar-refractivity contribution in [2.45, 2.75) is 272 Å². The van der Waals surface area contributed by atoms with Gasteiger partial charge >= 0.3 is 0 Å². The molecular formula is C44H92O2. The Balaban J connectivity index is 0. The predicted molar refractivity (Wildman–Crippen MR) is 211 cm³/mol. The van der Waals surface area contributed by atoms with E-state index in [1.165, 1.54) is 218 Å². The number of hydrogen-bond donors (Lipinski definition) is 0. The Kier molecular flexibility index (Phi) is 46.9. The van der Waals surface area contributed by atoms with Crippen LogP contribution in [0.4, 0.5) is 0 Å². The summed E-state index contributed by atoms with van der Waals surface area (Å²) in [6, 6.07) is 0. The zero-order chi connectivity index (χ0) is 34.0. The highest BCUT2D eigenvalue weighted by Gasteiger charge is 2.17. The molecular weight excluding hydrogens is 560 g/mol. The molecule has 0 spiro atoms. The summed E-state index contributed by atoms with van der Waals surface area (Å²) in [4.78, 5) is 0. The van der Waals surface area contributed by atoms with Crippen LogP contribution in [0.25, 0.3) is 0 Å². The monoisotopic (exact) mass is 653 g/mol. The summed E-state index contributed by atoms with van der Waals surface area (Å²) >= 11 is 0. The van der Waals surface area contributed by atoms with E-state index < -0.39 is 0 Å². The van der Waals surface area contributed by atoms with Crippen LogP contribution in [0, 0.1) is 0 Å². The fourth-order valence-corrected chi connectivity index (χ4v) is 6.71. The molecule has 46 heavy (non-hydrogen) atoms. The minimum absolute atomic E-state index is 0.523. The van der Waals surface area contributed by atoms with Crippen molar-refractivity contribution in [3.63, 3.8) is 0 Å². The molecule has 0 saturated heterocycles. The lowest BCUT2D eigenvalue weighted by atomic mass is 9.99. The van der Waals surface area contributed by atoms with E-state index in [4.69, 9.17) is 9.47 Å². The fourth-order valence-electron chi connectivity index (χ4n) is 6.71. The SMILES string of the molecule is CCCCCCCCCCCCC(CCCCCCC)OC(CCCCCCC)CCCCCCCCCCCC.CCOCC. The van der Waals surface area contributed by atoms with Crippen molar-refractivity contribution < 1.29 is 9.47 Å². The van der Waals surface area contributed by atoms with E-state index in [1.54, 1.807) is 0 Å². The van der Waals surface area contributed by atoms with Gasteiger partial charge in [0, 0.05) is 13.2 Å². The van der Waals surface area contributed by atoms with E-state index in [9.17, 15) is 0 Å². The van der Waals surface area contributed by atoms with Crippen molar-refractivity contribution in [2.75, 3.05) is 13.2 Å². The number of unbranched alkanes of at least 4 members (excludes halogenated alkanes) is 26. The molecule has 0 aliphatic heterocycles. The molecule has 2 nitrogen and oxygen atoms in total. The first-order valence-electron chi connectivity index (χ1n) is 21.9. The predicted octanol–water partition coefficient (Wildman–Crippen LogP) is 16.1. The molecule has 0 aliphatic carbocycles. The Bertz CT molecular complexity index is 450. The molecule has 2 unspecified atom stereocenters. The maximum absolute atomic E-state index is 7.03. The lowest BCUT2D eigenvalue weighted by Crippen LogP contribution is -2.23. The van der Waals surface area contributed by atoms with E-state index in [1.807, 2.05) is 13.8 Å². The van der Waals surface area contributed by atoms with Gasteiger partial charge in [-0.1, -0.05) is 220 Å². The van der Waals surface area contributed by atoms with Gasteiger partial charge in [0.05, 0.1) is 12.2 Å². The molecule has 0 fully saturated rings. The van der Waals surface area contributed by atoms with Gasteiger partial charge in [0.15, 0.2) is 0 Å². The van der Waals surface area contributed by atoms with Crippen LogP contribution in [0.1, 0.15) is 260 Å². The third-order valence-electron chi connectivity index (χ3n) is 9.81. The summed E-state index contributed by atoms with van der Waals surface area (Å²) in [6.45, 7) is 15.0. The maximum Gasteiger partial charge on any atom is 0.0578 e. The topological polar surface area (TPSA) is 18.5 Å². The number of rotatable bonds is 38. The van der Waals surface area contributed by atoms with E-state index in [-0.39, 0.29) is 0 Å². The minimum atomic E-state index is 0.523. The molecule has 280 valence electrons. The number of hydrogen-bond acceptors (Lipinski definition) is 2. The summed E-state index contributed by atoms with van der Waals surface area (Å²) < 4.78 is 11.9. The molecule has 0 aliphatic rings. The van der Waals surface area contributed by atoms with Crippen LogP contribution < -0.4 is 0 Å². The van der Waals surface area contributed by atoms with Crippen LogP contribution in [0.3, 0.4) is 0 Å². The summed E-state index contributed by atoms with van der Waals surface area (Å²) in [5.74, 6) is 0. The van der Waals surface area contributed by atoms with Gasteiger partial charge in [-0.3, -0.25) is 0 Å². The lowest BCUT2D eigenvalue weighted by Gasteiger charge is -2.26. The van der Waals surface area contributed by atoms with Gasteiger partial charge in [-0.15, -0.1) is 0 Å². The average molecular weight is 653 g/mol. The highest BCUT2D eigenvalue weighted by Crippen LogP contribution is 2.23. The van der Waals surface area contributed by atoms with Gasteiger partial charge in [-0.25, -0.2) is 0 Å². The summed E-state index contributed by atoms with van der Waals surface area (Å²) in [5, 5.41) is 0. The first kappa shape index (κ1) is 48.0. The van der Waals surface area contributed by atoms with Crippen molar-refractivity contribution in [1.82, 2.24) is 0 Å². The second kappa shape index (κ2) is 44.9. The molecule has 2 atom stereocenters. The van der Waals surface area contributed by atoms with Crippen LogP contribution in [-0.4, -0.2) is 25.4 Å². The highest BCUT2D eigenvalue weighted by molar-refractivity contribution is 4.67. The van der Waals surface area contributed by atoms with Gasteiger partial charge in [0.25, 0.3) is 0 Å².